The van der Waals surface area contributed by atoms with Crippen molar-refractivity contribution in [3.8, 4) is 11.5 Å². The fourth-order valence-electron chi connectivity index (χ4n) is 3.77. The molecule has 6 nitrogen and oxygen atoms in total. The fraction of sp³-hybridized carbons (Fsp3) is 0.409. The van der Waals surface area contributed by atoms with E-state index in [4.69, 9.17) is 9.47 Å². The van der Waals surface area contributed by atoms with Crippen LogP contribution in [0, 0.1) is 18.6 Å². The first-order valence-corrected chi connectivity index (χ1v) is 9.96. The van der Waals surface area contributed by atoms with Gasteiger partial charge in [0.15, 0.2) is 11.5 Å². The molecule has 1 saturated heterocycles. The summed E-state index contributed by atoms with van der Waals surface area (Å²) >= 11 is 0. The normalized spacial score (nSPS) is 16.1. The van der Waals surface area contributed by atoms with Gasteiger partial charge in [-0.3, -0.25) is 9.69 Å². The predicted molar refractivity (Wildman–Crippen MR) is 109 cm³/mol. The summed E-state index contributed by atoms with van der Waals surface area (Å²) in [7, 11) is 1.60. The van der Waals surface area contributed by atoms with E-state index in [1.807, 2.05) is 18.2 Å². The third-order valence-corrected chi connectivity index (χ3v) is 5.58. The third kappa shape index (κ3) is 4.33. The number of piperazine rings is 1. The van der Waals surface area contributed by atoms with Crippen LogP contribution in [0.2, 0.25) is 0 Å². The lowest BCUT2D eigenvalue weighted by Crippen LogP contribution is -2.50. The molecule has 2 aliphatic rings. The molecular formula is C22H25F2N3O3. The second-order valence-electron chi connectivity index (χ2n) is 7.75. The maximum atomic E-state index is 14.2. The molecule has 0 spiro atoms. The maximum Gasteiger partial charge on any atom is 0.242 e. The molecule has 30 heavy (non-hydrogen) atoms. The monoisotopic (exact) mass is 417 g/mol. The Balaban J connectivity index is 1.29. The molecule has 2 aromatic rings. The molecule has 0 bridgehead atoms. The van der Waals surface area contributed by atoms with Gasteiger partial charge in [-0.05, 0) is 36.2 Å². The molecule has 2 heterocycles. The molecule has 0 aliphatic carbocycles. The van der Waals surface area contributed by atoms with Crippen LogP contribution in [-0.4, -0.2) is 62.3 Å². The molecule has 0 radical (unpaired) electrons. The molecular weight excluding hydrogens is 392 g/mol. The van der Waals surface area contributed by atoms with Crippen LogP contribution in [0.15, 0.2) is 30.3 Å². The van der Waals surface area contributed by atoms with Crippen molar-refractivity contribution < 1.29 is 23.0 Å². The van der Waals surface area contributed by atoms with E-state index in [9.17, 15) is 13.6 Å². The van der Waals surface area contributed by atoms with Crippen LogP contribution in [0.1, 0.15) is 11.1 Å². The lowest BCUT2D eigenvalue weighted by atomic mass is 10.1. The van der Waals surface area contributed by atoms with E-state index in [1.54, 1.807) is 11.9 Å². The Bertz CT molecular complexity index is 945. The van der Waals surface area contributed by atoms with Gasteiger partial charge < -0.3 is 19.3 Å². The van der Waals surface area contributed by atoms with E-state index >= 15 is 0 Å². The summed E-state index contributed by atoms with van der Waals surface area (Å²) in [5.41, 5.74) is 1.47. The zero-order chi connectivity index (χ0) is 21.3. The van der Waals surface area contributed by atoms with Crippen LogP contribution in [0.3, 0.4) is 0 Å². The van der Waals surface area contributed by atoms with Gasteiger partial charge in [-0.1, -0.05) is 6.07 Å². The van der Waals surface area contributed by atoms with Crippen molar-refractivity contribution in [3.63, 3.8) is 0 Å². The summed E-state index contributed by atoms with van der Waals surface area (Å²) in [6, 6.07) is 8.22. The van der Waals surface area contributed by atoms with Crippen LogP contribution in [0.5, 0.6) is 11.5 Å². The Kier molecular flexibility index (Phi) is 5.76. The minimum absolute atomic E-state index is 0.00157. The Hall–Kier alpha value is -2.87. The summed E-state index contributed by atoms with van der Waals surface area (Å²) in [5.74, 6) is 0.425. The minimum Gasteiger partial charge on any atom is -0.454 e. The summed E-state index contributed by atoms with van der Waals surface area (Å²) in [6.45, 7) is 5.23. The summed E-state index contributed by atoms with van der Waals surface area (Å²) in [5, 5.41) is 0. The molecule has 2 aromatic carbocycles. The van der Waals surface area contributed by atoms with Gasteiger partial charge in [0, 0.05) is 45.8 Å². The van der Waals surface area contributed by atoms with E-state index in [1.165, 1.54) is 11.8 Å². The van der Waals surface area contributed by atoms with E-state index in [0.717, 1.165) is 48.8 Å². The summed E-state index contributed by atoms with van der Waals surface area (Å²) < 4.78 is 38.7. The highest BCUT2D eigenvalue weighted by molar-refractivity contribution is 5.81. The predicted octanol–water partition coefficient (Wildman–Crippen LogP) is 2.78. The number of fused-ring (bicyclic) bond motifs is 1. The molecule has 2 aliphatic heterocycles. The number of halogens is 2. The van der Waals surface area contributed by atoms with E-state index < -0.39 is 11.6 Å². The highest BCUT2D eigenvalue weighted by Gasteiger charge is 2.23. The van der Waals surface area contributed by atoms with Gasteiger partial charge in [0.1, 0.15) is 11.6 Å². The van der Waals surface area contributed by atoms with Crippen molar-refractivity contribution >= 4 is 11.6 Å². The number of likely N-dealkylation sites (N-methyl/N-ethyl adjacent to an activating group) is 1. The second kappa shape index (κ2) is 8.47. The van der Waals surface area contributed by atoms with Crippen molar-refractivity contribution in [1.82, 2.24) is 9.80 Å². The molecule has 0 unspecified atom stereocenters. The topological polar surface area (TPSA) is 45.3 Å². The quantitative estimate of drug-likeness (QED) is 0.749. The first-order chi connectivity index (χ1) is 14.4. The number of hydrogen-bond acceptors (Lipinski definition) is 5. The Morgan fingerprint density at radius 2 is 1.77 bits per heavy atom. The standard InChI is InChI=1S/C22H25F2N3O3/c1-15-9-18(24)19(11-17(15)23)25(2)13-22(28)27-7-5-26(6-8-27)12-16-3-4-20-21(10-16)30-14-29-20/h3-4,9-11H,5-8,12-14H2,1-2H3. The number of nitrogens with zero attached hydrogens (tertiary/aromatic N) is 3. The molecule has 0 aromatic heterocycles. The van der Waals surface area contributed by atoms with E-state index in [2.05, 4.69) is 4.90 Å². The van der Waals surface area contributed by atoms with Gasteiger partial charge >= 0.3 is 0 Å². The molecule has 1 amide bonds. The number of amides is 1. The van der Waals surface area contributed by atoms with Gasteiger partial charge in [-0.2, -0.15) is 0 Å². The van der Waals surface area contributed by atoms with Crippen molar-refractivity contribution in [2.75, 3.05) is 51.5 Å². The number of carbonyl (C=O) groups excluding carboxylic acids is 1. The fourth-order valence-corrected chi connectivity index (χ4v) is 3.77. The molecule has 0 saturated carbocycles. The Labute approximate surface area is 174 Å². The molecule has 0 N–H and O–H groups in total. The van der Waals surface area contributed by atoms with Gasteiger partial charge in [-0.15, -0.1) is 0 Å². The van der Waals surface area contributed by atoms with Gasteiger partial charge in [0.05, 0.1) is 12.2 Å². The molecule has 1 fully saturated rings. The van der Waals surface area contributed by atoms with Crippen LogP contribution >= 0.6 is 0 Å². The smallest absolute Gasteiger partial charge is 0.242 e. The lowest BCUT2D eigenvalue weighted by molar-refractivity contribution is -0.131. The zero-order valence-electron chi connectivity index (χ0n) is 17.2. The largest absolute Gasteiger partial charge is 0.454 e. The Morgan fingerprint density at radius 1 is 1.03 bits per heavy atom. The van der Waals surface area contributed by atoms with Crippen molar-refractivity contribution in [1.29, 1.82) is 0 Å². The lowest BCUT2D eigenvalue weighted by Gasteiger charge is -2.35. The number of aryl methyl sites for hydroxylation is 1. The second-order valence-corrected chi connectivity index (χ2v) is 7.75. The zero-order valence-corrected chi connectivity index (χ0v) is 17.2. The SMILES string of the molecule is Cc1cc(F)c(N(C)CC(=O)N2CCN(Cc3ccc4c(c3)OCO4)CC2)cc1F. The van der Waals surface area contributed by atoms with Gasteiger partial charge in [-0.25, -0.2) is 8.78 Å². The number of anilines is 1. The summed E-state index contributed by atoms with van der Waals surface area (Å²) in [4.78, 5) is 18.2. The van der Waals surface area contributed by atoms with Gasteiger partial charge in [0.25, 0.3) is 0 Å². The highest BCUT2D eigenvalue weighted by Crippen LogP contribution is 2.32. The third-order valence-electron chi connectivity index (χ3n) is 5.58. The Morgan fingerprint density at radius 3 is 2.53 bits per heavy atom. The first-order valence-electron chi connectivity index (χ1n) is 9.96. The molecule has 160 valence electrons. The maximum absolute atomic E-state index is 14.2. The van der Waals surface area contributed by atoms with Crippen LogP contribution in [0.25, 0.3) is 0 Å². The number of rotatable bonds is 5. The van der Waals surface area contributed by atoms with E-state index in [0.29, 0.717) is 13.1 Å². The average Bonchev–Trinajstić information content (AvgIpc) is 3.19. The van der Waals surface area contributed by atoms with Crippen LogP contribution < -0.4 is 14.4 Å². The number of ether oxygens (including phenoxy) is 2. The van der Waals surface area contributed by atoms with Crippen LogP contribution in [-0.2, 0) is 11.3 Å². The van der Waals surface area contributed by atoms with Crippen molar-refractivity contribution in [3.05, 3.63) is 53.1 Å². The van der Waals surface area contributed by atoms with E-state index in [-0.39, 0.29) is 30.5 Å². The first kappa shape index (κ1) is 20.4. The number of carbonyl (C=O) groups is 1. The molecule has 4 rings (SSSR count). The molecule has 8 heteroatoms. The summed E-state index contributed by atoms with van der Waals surface area (Å²) in [6.07, 6.45) is 0. The number of hydrogen-bond donors (Lipinski definition) is 0. The van der Waals surface area contributed by atoms with Crippen LogP contribution in [0.4, 0.5) is 14.5 Å². The van der Waals surface area contributed by atoms with Crippen molar-refractivity contribution in [2.24, 2.45) is 0 Å². The highest BCUT2D eigenvalue weighted by atomic mass is 19.1. The van der Waals surface area contributed by atoms with Gasteiger partial charge in [0.2, 0.25) is 12.7 Å². The molecule has 0 atom stereocenters. The van der Waals surface area contributed by atoms with Crippen molar-refractivity contribution in [2.45, 2.75) is 13.5 Å². The minimum atomic E-state index is -0.530. The number of benzene rings is 2. The average molecular weight is 417 g/mol.